The molecule has 2 aromatic carbocycles. The summed E-state index contributed by atoms with van der Waals surface area (Å²) in [6.07, 6.45) is 2.53. The fraction of sp³-hybridized carbons (Fsp3) is 0.400. The minimum absolute atomic E-state index is 0.104. The van der Waals surface area contributed by atoms with Gasteiger partial charge in [0.25, 0.3) is 5.91 Å². The number of aliphatic hydroxyl groups excluding tert-OH is 1. The Morgan fingerprint density at radius 1 is 0.976 bits per heavy atom. The number of methoxy groups -OCH3 is 1. The molecule has 2 aromatic rings. The number of ketones is 3. The van der Waals surface area contributed by atoms with Gasteiger partial charge in [-0.05, 0) is 37.2 Å². The van der Waals surface area contributed by atoms with Crippen LogP contribution in [0.1, 0.15) is 71.9 Å². The second-order valence-corrected chi connectivity index (χ2v) is 12.1. The number of Topliss-reactive ketones (excluding diaryl/α,β-unsaturated/α-hetero) is 3. The van der Waals surface area contributed by atoms with E-state index in [1.165, 1.54) is 13.2 Å². The van der Waals surface area contributed by atoms with Crippen molar-refractivity contribution in [2.75, 3.05) is 7.11 Å². The summed E-state index contributed by atoms with van der Waals surface area (Å²) in [6.45, 7) is 6.03. The normalized spacial score (nSPS) is 30.0. The maximum Gasteiger partial charge on any atom is 0.255 e. The Hall–Kier alpha value is -4.22. The van der Waals surface area contributed by atoms with Gasteiger partial charge in [0.15, 0.2) is 11.4 Å². The van der Waals surface area contributed by atoms with Gasteiger partial charge in [-0.3, -0.25) is 19.2 Å². The number of carbonyl (C=O) groups excluding carboxylic acids is 4. The maximum atomic E-state index is 14.3. The topological polar surface area (TPSA) is 205 Å². The molecule has 0 radical (unpaired) electrons. The first-order chi connectivity index (χ1) is 19.0. The quantitative estimate of drug-likeness (QED) is 0.178. The summed E-state index contributed by atoms with van der Waals surface area (Å²) in [5.41, 5.74) is -3.47. The molecule has 41 heavy (non-hydrogen) atoms. The van der Waals surface area contributed by atoms with Gasteiger partial charge >= 0.3 is 0 Å². The lowest BCUT2D eigenvalue weighted by Crippen LogP contribution is -2.73. The summed E-state index contributed by atoms with van der Waals surface area (Å²) in [5.74, 6) is -8.22. The fourth-order valence-corrected chi connectivity index (χ4v) is 7.91. The van der Waals surface area contributed by atoms with Crippen LogP contribution in [-0.4, -0.2) is 67.1 Å². The highest BCUT2D eigenvalue weighted by molar-refractivity contribution is 6.39. The molecule has 6 rings (SSSR count). The second-order valence-electron chi connectivity index (χ2n) is 12.1. The van der Waals surface area contributed by atoms with Gasteiger partial charge in [-0.15, -0.1) is 0 Å². The zero-order valence-electron chi connectivity index (χ0n) is 22.8. The number of amides is 1. The number of hydrogen-bond acceptors (Lipinski definition) is 10. The minimum Gasteiger partial charge on any atom is -0.511 e. The number of fused-ring (bicyclic) bond motifs is 4. The van der Waals surface area contributed by atoms with Crippen molar-refractivity contribution in [1.29, 1.82) is 0 Å². The number of phenols is 2. The summed E-state index contributed by atoms with van der Waals surface area (Å²) in [5, 5.41) is 56.3. The van der Waals surface area contributed by atoms with E-state index in [0.717, 1.165) is 18.4 Å². The van der Waals surface area contributed by atoms with E-state index in [0.29, 0.717) is 11.3 Å². The molecule has 4 aliphatic carbocycles. The monoisotopic (exact) mass is 563 g/mol. The van der Waals surface area contributed by atoms with Crippen LogP contribution in [0.15, 0.2) is 29.0 Å². The van der Waals surface area contributed by atoms with Crippen molar-refractivity contribution in [2.24, 2.45) is 11.1 Å². The lowest BCUT2D eigenvalue weighted by atomic mass is 9.54. The van der Waals surface area contributed by atoms with Crippen LogP contribution in [0.5, 0.6) is 17.2 Å². The molecule has 1 spiro atoms. The van der Waals surface area contributed by atoms with Crippen molar-refractivity contribution >= 4 is 34.0 Å². The summed E-state index contributed by atoms with van der Waals surface area (Å²) in [7, 11) is 1.42. The Morgan fingerprint density at radius 3 is 2.22 bits per heavy atom. The highest BCUT2D eigenvalue weighted by Gasteiger charge is 2.72. The molecule has 0 saturated carbocycles. The third kappa shape index (κ3) is 2.71. The van der Waals surface area contributed by atoms with E-state index in [1.807, 2.05) is 20.8 Å². The zero-order valence-corrected chi connectivity index (χ0v) is 22.8. The van der Waals surface area contributed by atoms with Crippen molar-refractivity contribution < 1.29 is 49.4 Å². The highest BCUT2D eigenvalue weighted by atomic mass is 16.5. The number of phenolic OH excluding ortho intramolecular Hbond substituents is 2. The van der Waals surface area contributed by atoms with E-state index in [-0.39, 0.29) is 22.8 Å². The number of benzene rings is 2. The minimum atomic E-state index is -3.58. The second kappa shape index (κ2) is 7.74. The number of hydrogen-bond donors (Lipinski definition) is 6. The fourth-order valence-electron chi connectivity index (χ4n) is 7.91. The van der Waals surface area contributed by atoms with Crippen LogP contribution in [-0.2, 0) is 21.4 Å². The standard InChI is InChI=1S/C30H29NO10/c1-11-6-5-7-27(2,3)28(11)9-12-16-18(13(32)8-15(41-4)21(16)28)22(34)20-17(12)23(35)29(39)10-14(33)19(26(31)38)24(36)30(29,40)25(20)37/h6,8,32-34,39-40H,5,7,9-10H2,1-4H3,(H2,31,38)/t28-,29-,30+/m0/s1. The molecule has 0 heterocycles. The summed E-state index contributed by atoms with van der Waals surface area (Å²) >= 11 is 0. The van der Waals surface area contributed by atoms with E-state index >= 15 is 0 Å². The maximum absolute atomic E-state index is 14.3. The van der Waals surface area contributed by atoms with Gasteiger partial charge in [0.05, 0.1) is 18.1 Å². The van der Waals surface area contributed by atoms with Gasteiger partial charge in [-0.2, -0.15) is 0 Å². The molecule has 0 unspecified atom stereocenters. The van der Waals surface area contributed by atoms with E-state index in [4.69, 9.17) is 10.5 Å². The van der Waals surface area contributed by atoms with Crippen LogP contribution in [0.25, 0.3) is 10.8 Å². The van der Waals surface area contributed by atoms with E-state index < -0.39 is 85.7 Å². The SMILES string of the molecule is COc1cc(O)c2c(O)c3c(c4c2c1[C@]1(C4)C(C)=CCCC1(C)C)C(=O)[C@@]1(O)CC(O)=C(C(N)=O)C(=O)[C@@]1(O)C3=O. The number of allylic oxidation sites excluding steroid dienone is 2. The van der Waals surface area contributed by atoms with Gasteiger partial charge < -0.3 is 36.0 Å². The summed E-state index contributed by atoms with van der Waals surface area (Å²) in [4.78, 5) is 53.5. The number of carbonyl (C=O) groups is 4. The molecule has 214 valence electrons. The molecule has 4 aliphatic rings. The number of nitrogens with two attached hydrogens (primary N) is 1. The first-order valence-corrected chi connectivity index (χ1v) is 13.1. The molecule has 11 nitrogen and oxygen atoms in total. The Balaban J connectivity index is 1.78. The Labute approximate surface area is 233 Å². The molecule has 0 saturated heterocycles. The number of aromatic hydroxyl groups is 2. The third-order valence-electron chi connectivity index (χ3n) is 10.0. The summed E-state index contributed by atoms with van der Waals surface area (Å²) in [6, 6.07) is 1.30. The first-order valence-electron chi connectivity index (χ1n) is 13.1. The van der Waals surface area contributed by atoms with Crippen molar-refractivity contribution in [3.05, 3.63) is 51.3 Å². The van der Waals surface area contributed by atoms with Gasteiger partial charge in [0, 0.05) is 34.4 Å². The van der Waals surface area contributed by atoms with Crippen molar-refractivity contribution in [3.8, 4) is 17.2 Å². The Bertz CT molecular complexity index is 1760. The van der Waals surface area contributed by atoms with Crippen molar-refractivity contribution in [1.82, 2.24) is 0 Å². The van der Waals surface area contributed by atoms with Crippen molar-refractivity contribution in [3.63, 3.8) is 0 Å². The van der Waals surface area contributed by atoms with Crippen LogP contribution in [0, 0.1) is 5.41 Å². The average molecular weight is 564 g/mol. The first kappa shape index (κ1) is 27.0. The van der Waals surface area contributed by atoms with Crippen molar-refractivity contribution in [2.45, 2.75) is 63.1 Å². The van der Waals surface area contributed by atoms with Gasteiger partial charge in [-0.1, -0.05) is 25.5 Å². The molecule has 0 fully saturated rings. The molecular formula is C30H29NO10. The van der Waals surface area contributed by atoms with E-state index in [9.17, 15) is 44.7 Å². The predicted octanol–water partition coefficient (Wildman–Crippen LogP) is 1.93. The number of ether oxygens (including phenoxy) is 1. The third-order valence-corrected chi connectivity index (χ3v) is 10.0. The van der Waals surface area contributed by atoms with Crippen LogP contribution in [0.3, 0.4) is 0 Å². The number of primary amides is 1. The van der Waals surface area contributed by atoms with Gasteiger partial charge in [0.2, 0.25) is 17.2 Å². The van der Waals surface area contributed by atoms with Gasteiger partial charge in [0.1, 0.15) is 28.6 Å². The van der Waals surface area contributed by atoms with Gasteiger partial charge in [-0.25, -0.2) is 0 Å². The van der Waals surface area contributed by atoms with Crippen LogP contribution >= 0.6 is 0 Å². The lowest BCUT2D eigenvalue weighted by Gasteiger charge is -2.49. The molecule has 3 atom stereocenters. The molecule has 0 aliphatic heterocycles. The molecule has 0 bridgehead atoms. The number of aliphatic hydroxyl groups is 3. The largest absolute Gasteiger partial charge is 0.511 e. The van der Waals surface area contributed by atoms with E-state index in [2.05, 4.69) is 6.08 Å². The highest BCUT2D eigenvalue weighted by Crippen LogP contribution is 2.65. The smallest absolute Gasteiger partial charge is 0.255 e. The number of rotatable bonds is 2. The predicted molar refractivity (Wildman–Crippen MR) is 143 cm³/mol. The summed E-state index contributed by atoms with van der Waals surface area (Å²) < 4.78 is 5.71. The molecular weight excluding hydrogens is 534 g/mol. The average Bonchev–Trinajstić information content (AvgIpc) is 3.24. The molecule has 1 amide bonds. The lowest BCUT2D eigenvalue weighted by molar-refractivity contribution is -0.154. The van der Waals surface area contributed by atoms with Crippen LogP contribution in [0.4, 0.5) is 0 Å². The zero-order chi connectivity index (χ0) is 30.2. The molecule has 7 N–H and O–H groups in total. The van der Waals surface area contributed by atoms with Crippen LogP contribution in [0.2, 0.25) is 0 Å². The Morgan fingerprint density at radius 2 is 1.63 bits per heavy atom. The van der Waals surface area contributed by atoms with E-state index in [1.54, 1.807) is 0 Å². The molecule has 11 heteroatoms. The Kier molecular flexibility index (Phi) is 5.09. The van der Waals surface area contributed by atoms with Crippen LogP contribution < -0.4 is 10.5 Å². The molecule has 0 aromatic heterocycles.